The van der Waals surface area contributed by atoms with E-state index in [0.717, 1.165) is 25.2 Å². The van der Waals surface area contributed by atoms with Crippen LogP contribution >= 0.6 is 11.8 Å². The molecule has 0 bridgehead atoms. The molecular formula is C22H24N2O4S. The van der Waals surface area contributed by atoms with Crippen LogP contribution in [0.2, 0.25) is 0 Å². The summed E-state index contributed by atoms with van der Waals surface area (Å²) >= 11 is 1.56. The summed E-state index contributed by atoms with van der Waals surface area (Å²) in [5, 5.41) is 1.23. The van der Waals surface area contributed by atoms with Gasteiger partial charge in [-0.05, 0) is 43.5 Å². The van der Waals surface area contributed by atoms with Crippen molar-refractivity contribution in [3.8, 4) is 17.2 Å². The van der Waals surface area contributed by atoms with E-state index in [0.29, 0.717) is 33.2 Å². The highest BCUT2D eigenvalue weighted by Gasteiger charge is 2.19. The Morgan fingerprint density at radius 1 is 1.14 bits per heavy atom. The molecule has 1 saturated heterocycles. The number of ether oxygens (including phenoxy) is 3. The molecule has 29 heavy (non-hydrogen) atoms. The Bertz CT molecular complexity index is 1060. The van der Waals surface area contributed by atoms with Crippen molar-refractivity contribution < 1.29 is 14.2 Å². The lowest BCUT2D eigenvalue weighted by Gasteiger charge is -2.22. The number of para-hydroxylation sites is 1. The number of methoxy groups -OCH3 is 2. The van der Waals surface area contributed by atoms with Crippen LogP contribution in [0.5, 0.6) is 11.5 Å². The molecule has 152 valence electrons. The van der Waals surface area contributed by atoms with Crippen LogP contribution in [0, 0.1) is 0 Å². The second-order valence-electron chi connectivity index (χ2n) is 6.89. The van der Waals surface area contributed by atoms with Crippen molar-refractivity contribution in [2.24, 2.45) is 0 Å². The molecular weight excluding hydrogens is 388 g/mol. The Balaban J connectivity index is 1.80. The third kappa shape index (κ3) is 4.11. The van der Waals surface area contributed by atoms with Gasteiger partial charge in [0.1, 0.15) is 0 Å². The van der Waals surface area contributed by atoms with Crippen LogP contribution in [0.1, 0.15) is 19.3 Å². The van der Waals surface area contributed by atoms with Crippen LogP contribution in [0.4, 0.5) is 0 Å². The van der Waals surface area contributed by atoms with Gasteiger partial charge in [-0.15, -0.1) is 0 Å². The summed E-state index contributed by atoms with van der Waals surface area (Å²) in [5.41, 5.74) is 1.29. The second-order valence-corrected chi connectivity index (χ2v) is 7.88. The summed E-state index contributed by atoms with van der Waals surface area (Å²) in [6, 6.07) is 12.9. The summed E-state index contributed by atoms with van der Waals surface area (Å²) in [7, 11) is 3.17. The Morgan fingerprint density at radius 2 is 1.97 bits per heavy atom. The van der Waals surface area contributed by atoms with Crippen molar-refractivity contribution in [3.63, 3.8) is 0 Å². The molecule has 1 aromatic heterocycles. The van der Waals surface area contributed by atoms with Crippen LogP contribution in [0.15, 0.2) is 52.4 Å². The standard InChI is InChI=1S/C22H24N2O4S/c1-26-19-11-10-15(13-20(19)27-2)24-21(25)17-8-3-4-9-18(17)23-22(24)29-14-16-7-5-6-12-28-16/h3-4,8-11,13,16H,5-7,12,14H2,1-2H3/t16-/m0/s1. The fourth-order valence-corrected chi connectivity index (χ4v) is 4.59. The number of hydrogen-bond donors (Lipinski definition) is 0. The van der Waals surface area contributed by atoms with Crippen molar-refractivity contribution in [2.45, 2.75) is 30.5 Å². The number of aromatic nitrogens is 2. The first-order valence-electron chi connectivity index (χ1n) is 9.70. The summed E-state index contributed by atoms with van der Waals surface area (Å²) in [6.45, 7) is 0.804. The molecule has 1 aliphatic heterocycles. The maximum Gasteiger partial charge on any atom is 0.266 e. The van der Waals surface area contributed by atoms with Gasteiger partial charge in [0.05, 0.1) is 36.9 Å². The van der Waals surface area contributed by atoms with Crippen LogP contribution < -0.4 is 15.0 Å². The molecule has 0 saturated carbocycles. The third-order valence-corrected chi connectivity index (χ3v) is 6.11. The molecule has 4 rings (SSSR count). The molecule has 1 atom stereocenters. The number of benzene rings is 2. The zero-order chi connectivity index (χ0) is 20.2. The van der Waals surface area contributed by atoms with E-state index in [2.05, 4.69) is 0 Å². The van der Waals surface area contributed by atoms with Gasteiger partial charge in [0.15, 0.2) is 16.7 Å². The zero-order valence-corrected chi connectivity index (χ0v) is 17.4. The molecule has 0 aliphatic carbocycles. The molecule has 0 N–H and O–H groups in total. The predicted octanol–water partition coefficient (Wildman–Crippen LogP) is 4.06. The Morgan fingerprint density at radius 3 is 2.72 bits per heavy atom. The Hall–Kier alpha value is -2.51. The van der Waals surface area contributed by atoms with E-state index in [1.54, 1.807) is 48.7 Å². The van der Waals surface area contributed by atoms with Crippen LogP contribution in [0.25, 0.3) is 16.6 Å². The summed E-state index contributed by atoms with van der Waals surface area (Å²) in [6.07, 6.45) is 3.53. The predicted molar refractivity (Wildman–Crippen MR) is 115 cm³/mol. The molecule has 0 radical (unpaired) electrons. The molecule has 6 nitrogen and oxygen atoms in total. The topological polar surface area (TPSA) is 62.6 Å². The SMILES string of the molecule is COc1ccc(-n2c(SC[C@@H]3CCCCO3)nc3ccccc3c2=O)cc1OC. The maximum absolute atomic E-state index is 13.4. The van der Waals surface area contributed by atoms with Crippen molar-refractivity contribution in [1.82, 2.24) is 9.55 Å². The second kappa shape index (κ2) is 8.88. The van der Waals surface area contributed by atoms with E-state index in [1.807, 2.05) is 24.3 Å². The number of hydrogen-bond acceptors (Lipinski definition) is 6. The molecule has 0 spiro atoms. The highest BCUT2D eigenvalue weighted by molar-refractivity contribution is 7.99. The van der Waals surface area contributed by atoms with Gasteiger partial charge in [0.25, 0.3) is 5.56 Å². The molecule has 2 heterocycles. The number of rotatable bonds is 6. The van der Waals surface area contributed by atoms with Crippen molar-refractivity contribution in [3.05, 3.63) is 52.8 Å². The summed E-state index contributed by atoms with van der Waals surface area (Å²) in [4.78, 5) is 18.2. The van der Waals surface area contributed by atoms with E-state index in [-0.39, 0.29) is 11.7 Å². The minimum Gasteiger partial charge on any atom is -0.493 e. The van der Waals surface area contributed by atoms with Gasteiger partial charge < -0.3 is 14.2 Å². The van der Waals surface area contributed by atoms with E-state index >= 15 is 0 Å². The first-order chi connectivity index (χ1) is 14.2. The highest BCUT2D eigenvalue weighted by atomic mass is 32.2. The van der Waals surface area contributed by atoms with Crippen LogP contribution in [-0.2, 0) is 4.74 Å². The minimum atomic E-state index is -0.102. The van der Waals surface area contributed by atoms with Gasteiger partial charge in [-0.25, -0.2) is 4.98 Å². The van der Waals surface area contributed by atoms with Crippen LogP contribution in [0.3, 0.4) is 0 Å². The lowest BCUT2D eigenvalue weighted by Crippen LogP contribution is -2.24. The van der Waals surface area contributed by atoms with Gasteiger partial charge in [-0.2, -0.15) is 0 Å². The van der Waals surface area contributed by atoms with E-state index < -0.39 is 0 Å². The number of thioether (sulfide) groups is 1. The number of nitrogens with zero attached hydrogens (tertiary/aromatic N) is 2. The van der Waals surface area contributed by atoms with E-state index in [4.69, 9.17) is 19.2 Å². The Labute approximate surface area is 173 Å². The van der Waals surface area contributed by atoms with Gasteiger partial charge in [0, 0.05) is 18.4 Å². The highest BCUT2D eigenvalue weighted by Crippen LogP contribution is 2.31. The smallest absolute Gasteiger partial charge is 0.266 e. The lowest BCUT2D eigenvalue weighted by atomic mass is 10.1. The summed E-state index contributed by atoms with van der Waals surface area (Å²) < 4.78 is 18.3. The lowest BCUT2D eigenvalue weighted by molar-refractivity contribution is 0.0315. The Kier molecular flexibility index (Phi) is 6.06. The molecule has 1 aliphatic rings. The molecule has 0 amide bonds. The fraction of sp³-hybridized carbons (Fsp3) is 0.364. The first-order valence-corrected chi connectivity index (χ1v) is 10.7. The normalized spacial score (nSPS) is 16.7. The largest absolute Gasteiger partial charge is 0.493 e. The number of fused-ring (bicyclic) bond motifs is 1. The van der Waals surface area contributed by atoms with Gasteiger partial charge in [-0.1, -0.05) is 23.9 Å². The van der Waals surface area contributed by atoms with Crippen molar-refractivity contribution in [1.29, 1.82) is 0 Å². The van der Waals surface area contributed by atoms with Crippen LogP contribution in [-0.4, -0.2) is 42.2 Å². The fourth-order valence-electron chi connectivity index (χ4n) is 3.51. The zero-order valence-electron chi connectivity index (χ0n) is 16.6. The average molecular weight is 413 g/mol. The minimum absolute atomic E-state index is 0.102. The molecule has 3 aromatic rings. The van der Waals surface area contributed by atoms with E-state index in [9.17, 15) is 4.79 Å². The summed E-state index contributed by atoms with van der Waals surface area (Å²) in [5.74, 6) is 1.94. The van der Waals surface area contributed by atoms with Gasteiger partial charge in [-0.3, -0.25) is 9.36 Å². The van der Waals surface area contributed by atoms with Crippen molar-refractivity contribution >= 4 is 22.7 Å². The monoisotopic (exact) mass is 412 g/mol. The average Bonchev–Trinajstić information content (AvgIpc) is 2.78. The molecule has 0 unspecified atom stereocenters. The van der Waals surface area contributed by atoms with Gasteiger partial charge >= 0.3 is 0 Å². The first kappa shape index (κ1) is 19.8. The maximum atomic E-state index is 13.4. The van der Waals surface area contributed by atoms with Gasteiger partial charge in [0.2, 0.25) is 0 Å². The molecule has 7 heteroatoms. The van der Waals surface area contributed by atoms with E-state index in [1.165, 1.54) is 6.42 Å². The molecule has 1 fully saturated rings. The quantitative estimate of drug-likeness (QED) is 0.449. The third-order valence-electron chi connectivity index (χ3n) is 5.04. The van der Waals surface area contributed by atoms with Crippen molar-refractivity contribution in [2.75, 3.05) is 26.6 Å². The molecule has 2 aromatic carbocycles.